The van der Waals surface area contributed by atoms with Crippen LogP contribution in [-0.2, 0) is 0 Å². The van der Waals surface area contributed by atoms with Gasteiger partial charge < -0.3 is 3.79 Å². The zero-order valence-corrected chi connectivity index (χ0v) is 13.2. The Bertz CT molecular complexity index is 875. The Kier molecular flexibility index (Phi) is 2.51. The summed E-state index contributed by atoms with van der Waals surface area (Å²) < 4.78 is 9.36. The zero-order valence-electron chi connectivity index (χ0n) is 11.2. The summed E-state index contributed by atoms with van der Waals surface area (Å²) in [5, 5.41) is 0. The lowest BCUT2D eigenvalue weighted by Gasteiger charge is -2.32. The van der Waals surface area contributed by atoms with Gasteiger partial charge in [-0.25, -0.2) is 0 Å². The van der Waals surface area contributed by atoms with E-state index >= 15 is 0 Å². The van der Waals surface area contributed by atoms with E-state index in [0.717, 1.165) is 5.75 Å². The Morgan fingerprint density at radius 3 is 2.48 bits per heavy atom. The number of para-hydroxylation sites is 1. The van der Waals surface area contributed by atoms with Gasteiger partial charge in [0, 0.05) is 15.4 Å². The van der Waals surface area contributed by atoms with Gasteiger partial charge in [0.05, 0.1) is 5.75 Å². The second-order valence-corrected chi connectivity index (χ2v) is 8.63. The summed E-state index contributed by atoms with van der Waals surface area (Å²) in [6, 6.07) is 23.8. The number of benzene rings is 3. The predicted octanol–water partition coefficient (Wildman–Crippen LogP) is 3.32. The molecule has 2 heterocycles. The van der Waals surface area contributed by atoms with Crippen LogP contribution < -0.4 is 12.6 Å². The molecule has 0 bridgehead atoms. The minimum absolute atomic E-state index is 1.04. The van der Waals surface area contributed by atoms with Crippen molar-refractivity contribution >= 4 is 35.1 Å². The molecule has 0 spiro atoms. The van der Waals surface area contributed by atoms with Crippen molar-refractivity contribution in [1.29, 1.82) is 0 Å². The molecule has 2 aliphatic heterocycles. The number of hydrogen-bond acceptors (Lipinski definition) is 2. The van der Waals surface area contributed by atoms with Gasteiger partial charge in [-0.15, -0.1) is 0 Å². The average molecular weight is 302 g/mol. The van der Waals surface area contributed by atoms with Gasteiger partial charge in [-0.2, -0.15) is 0 Å². The first-order valence-electron chi connectivity index (χ1n) is 7.07. The molecule has 2 aliphatic rings. The van der Waals surface area contributed by atoms with Crippen LogP contribution in [0.1, 0.15) is 0 Å². The molecule has 0 unspecified atom stereocenters. The molecule has 0 radical (unpaired) electrons. The van der Waals surface area contributed by atoms with E-state index in [4.69, 9.17) is 3.79 Å². The molecular weight excluding hydrogens is 291 g/mol. The van der Waals surface area contributed by atoms with Crippen molar-refractivity contribution < 1.29 is 3.79 Å². The smallest absolute Gasteiger partial charge is 0.634 e. The Balaban J connectivity index is 1.85. The SMILES string of the molecule is c1ccc2c(c1)[O][Al]1[c]3ccccc3Sc3cccc-2[c]31. The van der Waals surface area contributed by atoms with E-state index in [1.54, 1.807) is 0 Å². The molecule has 98 valence electrons. The minimum Gasteiger partial charge on any atom is -0.636 e. The van der Waals surface area contributed by atoms with E-state index in [1.165, 1.54) is 29.8 Å². The third-order valence-electron chi connectivity index (χ3n) is 4.17. The van der Waals surface area contributed by atoms with E-state index in [2.05, 4.69) is 66.7 Å². The highest BCUT2D eigenvalue weighted by atomic mass is 32.2. The molecule has 0 atom stereocenters. The van der Waals surface area contributed by atoms with E-state index in [9.17, 15) is 0 Å². The van der Waals surface area contributed by atoms with E-state index in [1.807, 2.05) is 11.8 Å². The summed E-state index contributed by atoms with van der Waals surface area (Å²) in [5.41, 5.74) is 2.60. The summed E-state index contributed by atoms with van der Waals surface area (Å²) in [5.74, 6) is 1.04. The summed E-state index contributed by atoms with van der Waals surface area (Å²) in [6.07, 6.45) is 0. The van der Waals surface area contributed by atoms with Gasteiger partial charge in [-0.3, -0.25) is 0 Å². The van der Waals surface area contributed by atoms with Gasteiger partial charge in [-0.1, -0.05) is 60.3 Å². The highest BCUT2D eigenvalue weighted by molar-refractivity contribution is 8.00. The quantitative estimate of drug-likeness (QED) is 0.589. The van der Waals surface area contributed by atoms with E-state index in [0.29, 0.717) is 0 Å². The van der Waals surface area contributed by atoms with Crippen molar-refractivity contribution in [2.24, 2.45) is 0 Å². The van der Waals surface area contributed by atoms with Crippen LogP contribution >= 0.6 is 11.8 Å². The van der Waals surface area contributed by atoms with Gasteiger partial charge in [0.25, 0.3) is 0 Å². The maximum atomic E-state index is 6.49. The minimum atomic E-state index is -1.61. The monoisotopic (exact) mass is 302 g/mol. The van der Waals surface area contributed by atoms with Crippen LogP contribution in [0, 0.1) is 0 Å². The van der Waals surface area contributed by atoms with Crippen LogP contribution in [0.3, 0.4) is 0 Å². The van der Waals surface area contributed by atoms with Crippen molar-refractivity contribution in [3.63, 3.8) is 0 Å². The van der Waals surface area contributed by atoms with E-state index < -0.39 is 14.5 Å². The lowest BCUT2D eigenvalue weighted by Crippen LogP contribution is -2.53. The van der Waals surface area contributed by atoms with Gasteiger partial charge in [0.2, 0.25) is 0 Å². The Morgan fingerprint density at radius 2 is 1.48 bits per heavy atom. The fourth-order valence-electron chi connectivity index (χ4n) is 3.24. The van der Waals surface area contributed by atoms with Crippen LogP contribution in [0.2, 0.25) is 0 Å². The highest BCUT2D eigenvalue weighted by Crippen LogP contribution is 2.39. The first kappa shape index (κ1) is 11.9. The molecule has 0 aliphatic carbocycles. The van der Waals surface area contributed by atoms with Crippen LogP contribution in [0.15, 0.2) is 76.5 Å². The van der Waals surface area contributed by atoms with Crippen molar-refractivity contribution in [3.8, 4) is 16.9 Å². The summed E-state index contributed by atoms with van der Waals surface area (Å²) in [6.45, 7) is 0. The lowest BCUT2D eigenvalue weighted by molar-refractivity contribution is 0.588. The molecule has 0 N–H and O–H groups in total. The van der Waals surface area contributed by atoms with Gasteiger partial charge in [0.1, 0.15) is 0 Å². The number of fused-ring (bicyclic) bond motifs is 4. The topological polar surface area (TPSA) is 9.23 Å². The Labute approximate surface area is 132 Å². The third-order valence-corrected chi connectivity index (χ3v) is 8.46. The lowest BCUT2D eigenvalue weighted by atomic mass is 10.0. The molecule has 21 heavy (non-hydrogen) atoms. The maximum Gasteiger partial charge on any atom is 0.634 e. The van der Waals surface area contributed by atoms with Crippen LogP contribution in [0.25, 0.3) is 11.1 Å². The second-order valence-electron chi connectivity index (χ2n) is 5.35. The molecule has 0 aromatic heterocycles. The molecule has 3 aromatic carbocycles. The molecule has 3 heteroatoms. The van der Waals surface area contributed by atoms with Crippen molar-refractivity contribution in [2.45, 2.75) is 9.79 Å². The number of rotatable bonds is 0. The average Bonchev–Trinajstić information content (AvgIpc) is 2.55. The van der Waals surface area contributed by atoms with Crippen LogP contribution in [-0.4, -0.2) is 14.5 Å². The van der Waals surface area contributed by atoms with Crippen molar-refractivity contribution in [3.05, 3.63) is 66.7 Å². The highest BCUT2D eigenvalue weighted by Gasteiger charge is 2.42. The van der Waals surface area contributed by atoms with E-state index in [-0.39, 0.29) is 0 Å². The molecule has 1 nitrogen and oxygen atoms in total. The molecule has 5 rings (SSSR count). The predicted molar refractivity (Wildman–Crippen MR) is 88.1 cm³/mol. The Hall–Kier alpha value is -1.66. The third kappa shape index (κ3) is 1.66. The standard InChI is InChI=1S/C18H12OS.Al/c19-18-12-5-4-11-17(18)14-7-6-10-16(13-14)20-15-8-2-1-3-9-15;/h1-8,10-12,19H;/q;+1/p-1. The van der Waals surface area contributed by atoms with Crippen molar-refractivity contribution in [1.82, 2.24) is 0 Å². The molecule has 3 aromatic rings. The summed E-state index contributed by atoms with van der Waals surface area (Å²) in [4.78, 5) is 2.73. The van der Waals surface area contributed by atoms with Gasteiger partial charge >= 0.3 is 14.5 Å². The second kappa shape index (κ2) is 4.42. The first-order chi connectivity index (χ1) is 10.4. The molecule has 0 saturated carbocycles. The molecule has 0 fully saturated rings. The normalized spacial score (nSPS) is 13.8. The van der Waals surface area contributed by atoms with Crippen LogP contribution in [0.4, 0.5) is 0 Å². The summed E-state index contributed by atoms with van der Waals surface area (Å²) >= 11 is 0.268. The fraction of sp³-hybridized carbons (Fsp3) is 0. The maximum absolute atomic E-state index is 6.49. The molecular formula is C18H11AlOS. The number of hydrogen-bond donors (Lipinski definition) is 0. The largest absolute Gasteiger partial charge is 0.636 e. The molecule has 0 amide bonds. The summed E-state index contributed by atoms with van der Waals surface area (Å²) in [7, 11) is 0. The fourth-order valence-corrected chi connectivity index (χ4v) is 7.72. The molecule has 0 saturated heterocycles. The zero-order chi connectivity index (χ0) is 13.8. The van der Waals surface area contributed by atoms with Gasteiger partial charge in [0.15, 0.2) is 0 Å². The first-order valence-corrected chi connectivity index (χ1v) is 9.52. The van der Waals surface area contributed by atoms with Crippen LogP contribution in [0.5, 0.6) is 5.75 Å². The van der Waals surface area contributed by atoms with Gasteiger partial charge in [-0.05, 0) is 32.6 Å². The van der Waals surface area contributed by atoms with Crippen molar-refractivity contribution in [2.75, 3.05) is 0 Å². The Morgan fingerprint density at radius 1 is 0.714 bits per heavy atom.